The second-order valence-corrected chi connectivity index (χ2v) is 4.49. The monoisotopic (exact) mass is 287 g/mol. The van der Waals surface area contributed by atoms with E-state index in [2.05, 4.69) is 21.2 Å². The predicted molar refractivity (Wildman–Crippen MR) is 69.0 cm³/mol. The van der Waals surface area contributed by atoms with Crippen LogP contribution in [0.1, 0.15) is 6.92 Å². The van der Waals surface area contributed by atoms with Gasteiger partial charge in [-0.05, 0) is 31.2 Å². The highest BCUT2D eigenvalue weighted by atomic mass is 79.9. The Kier molecular flexibility index (Phi) is 6.45. The second kappa shape index (κ2) is 7.65. The molecule has 0 aliphatic rings. The van der Waals surface area contributed by atoms with Gasteiger partial charge in [0.15, 0.2) is 0 Å². The zero-order chi connectivity index (χ0) is 11.8. The summed E-state index contributed by atoms with van der Waals surface area (Å²) in [5.74, 6) is 0.893. The predicted octanol–water partition coefficient (Wildman–Crippen LogP) is 2.45. The van der Waals surface area contributed by atoms with Gasteiger partial charge in [0.05, 0.1) is 6.61 Å². The molecule has 0 heterocycles. The van der Waals surface area contributed by atoms with Gasteiger partial charge in [-0.1, -0.05) is 15.9 Å². The van der Waals surface area contributed by atoms with Gasteiger partial charge in [0, 0.05) is 24.7 Å². The third kappa shape index (κ3) is 5.49. The van der Waals surface area contributed by atoms with Gasteiger partial charge >= 0.3 is 0 Å². The summed E-state index contributed by atoms with van der Waals surface area (Å²) in [4.78, 5) is 0. The molecular weight excluding hydrogens is 270 g/mol. The fourth-order valence-corrected chi connectivity index (χ4v) is 1.53. The molecule has 0 spiro atoms. The summed E-state index contributed by atoms with van der Waals surface area (Å²) in [5.41, 5.74) is 0. The largest absolute Gasteiger partial charge is 0.489 e. The SMILES string of the molecule is COCCNCC(C)Oc1ccc(Br)cc1. The molecule has 0 bridgehead atoms. The maximum Gasteiger partial charge on any atom is 0.119 e. The van der Waals surface area contributed by atoms with Gasteiger partial charge in [0.25, 0.3) is 0 Å². The first-order valence-electron chi connectivity index (χ1n) is 5.34. The van der Waals surface area contributed by atoms with Crippen molar-refractivity contribution in [2.24, 2.45) is 0 Å². The number of hydrogen-bond acceptors (Lipinski definition) is 3. The van der Waals surface area contributed by atoms with Crippen molar-refractivity contribution in [3.05, 3.63) is 28.7 Å². The van der Waals surface area contributed by atoms with Crippen molar-refractivity contribution in [2.45, 2.75) is 13.0 Å². The van der Waals surface area contributed by atoms with Crippen LogP contribution in [0.5, 0.6) is 5.75 Å². The standard InChI is InChI=1S/C12H18BrNO2/c1-10(9-14-7-8-15-2)16-12-5-3-11(13)4-6-12/h3-6,10,14H,7-9H2,1-2H3. The topological polar surface area (TPSA) is 30.5 Å². The van der Waals surface area contributed by atoms with Crippen molar-refractivity contribution < 1.29 is 9.47 Å². The van der Waals surface area contributed by atoms with E-state index in [9.17, 15) is 0 Å². The zero-order valence-electron chi connectivity index (χ0n) is 9.70. The third-order valence-corrected chi connectivity index (χ3v) is 2.59. The summed E-state index contributed by atoms with van der Waals surface area (Å²) < 4.78 is 11.7. The minimum Gasteiger partial charge on any atom is -0.489 e. The second-order valence-electron chi connectivity index (χ2n) is 3.58. The van der Waals surface area contributed by atoms with Gasteiger partial charge in [0.2, 0.25) is 0 Å². The number of benzene rings is 1. The highest BCUT2D eigenvalue weighted by molar-refractivity contribution is 9.10. The van der Waals surface area contributed by atoms with Crippen LogP contribution in [0.25, 0.3) is 0 Å². The van der Waals surface area contributed by atoms with Gasteiger partial charge in [-0.15, -0.1) is 0 Å². The van der Waals surface area contributed by atoms with E-state index < -0.39 is 0 Å². The number of hydrogen-bond donors (Lipinski definition) is 1. The summed E-state index contributed by atoms with van der Waals surface area (Å²) >= 11 is 3.39. The van der Waals surface area contributed by atoms with Gasteiger partial charge in [-0.3, -0.25) is 0 Å². The van der Waals surface area contributed by atoms with E-state index >= 15 is 0 Å². The molecule has 1 rings (SSSR count). The van der Waals surface area contributed by atoms with E-state index in [0.717, 1.165) is 29.9 Å². The summed E-state index contributed by atoms with van der Waals surface area (Å²) in [6.07, 6.45) is 0.151. The van der Waals surface area contributed by atoms with E-state index in [1.54, 1.807) is 7.11 Å². The molecule has 1 aromatic carbocycles. The van der Waals surface area contributed by atoms with E-state index in [1.165, 1.54) is 0 Å². The molecule has 0 fully saturated rings. The summed E-state index contributed by atoms with van der Waals surface area (Å²) in [7, 11) is 1.70. The fourth-order valence-electron chi connectivity index (χ4n) is 1.27. The first kappa shape index (κ1) is 13.5. The molecule has 0 aliphatic heterocycles. The summed E-state index contributed by atoms with van der Waals surface area (Å²) in [6.45, 7) is 4.44. The van der Waals surface area contributed by atoms with Crippen LogP contribution < -0.4 is 10.1 Å². The number of halogens is 1. The van der Waals surface area contributed by atoms with Crippen LogP contribution in [0.3, 0.4) is 0 Å². The maximum absolute atomic E-state index is 5.73. The molecule has 3 nitrogen and oxygen atoms in total. The Labute approximate surface area is 105 Å². The van der Waals surface area contributed by atoms with E-state index in [0.29, 0.717) is 0 Å². The van der Waals surface area contributed by atoms with Gasteiger partial charge < -0.3 is 14.8 Å². The third-order valence-electron chi connectivity index (χ3n) is 2.07. The van der Waals surface area contributed by atoms with E-state index in [-0.39, 0.29) is 6.10 Å². The molecule has 0 aliphatic carbocycles. The first-order valence-corrected chi connectivity index (χ1v) is 6.13. The van der Waals surface area contributed by atoms with Crippen molar-refractivity contribution in [1.29, 1.82) is 0 Å². The quantitative estimate of drug-likeness (QED) is 0.782. The molecule has 90 valence electrons. The Balaban J connectivity index is 2.23. The molecule has 1 atom stereocenters. The van der Waals surface area contributed by atoms with Crippen LogP contribution >= 0.6 is 15.9 Å². The molecular formula is C12H18BrNO2. The van der Waals surface area contributed by atoms with Gasteiger partial charge in [0.1, 0.15) is 11.9 Å². The average molecular weight is 288 g/mol. The molecule has 0 aromatic heterocycles. The zero-order valence-corrected chi connectivity index (χ0v) is 11.3. The lowest BCUT2D eigenvalue weighted by Gasteiger charge is -2.15. The molecule has 0 saturated heterocycles. The molecule has 1 N–H and O–H groups in total. The van der Waals surface area contributed by atoms with Gasteiger partial charge in [-0.25, -0.2) is 0 Å². The Morgan fingerprint density at radius 1 is 1.31 bits per heavy atom. The maximum atomic E-state index is 5.73. The van der Waals surface area contributed by atoms with Crippen LogP contribution in [0.15, 0.2) is 28.7 Å². The van der Waals surface area contributed by atoms with Crippen LogP contribution in [0.2, 0.25) is 0 Å². The summed E-state index contributed by atoms with van der Waals surface area (Å²) in [6, 6.07) is 7.85. The summed E-state index contributed by atoms with van der Waals surface area (Å²) in [5, 5.41) is 3.26. The lowest BCUT2D eigenvalue weighted by molar-refractivity contribution is 0.184. The number of nitrogens with one attached hydrogen (secondary N) is 1. The van der Waals surface area contributed by atoms with Crippen LogP contribution in [-0.4, -0.2) is 32.9 Å². The van der Waals surface area contributed by atoms with Crippen LogP contribution in [0.4, 0.5) is 0 Å². The van der Waals surface area contributed by atoms with Crippen LogP contribution in [0, 0.1) is 0 Å². The lowest BCUT2D eigenvalue weighted by atomic mass is 10.3. The van der Waals surface area contributed by atoms with Crippen molar-refractivity contribution >= 4 is 15.9 Å². The fraction of sp³-hybridized carbons (Fsp3) is 0.500. The molecule has 1 aromatic rings. The number of methoxy groups -OCH3 is 1. The van der Waals surface area contributed by atoms with E-state index in [1.807, 2.05) is 31.2 Å². The van der Waals surface area contributed by atoms with Gasteiger partial charge in [-0.2, -0.15) is 0 Å². The molecule has 1 unspecified atom stereocenters. The lowest BCUT2D eigenvalue weighted by Crippen LogP contribution is -2.31. The smallest absolute Gasteiger partial charge is 0.119 e. The highest BCUT2D eigenvalue weighted by Gasteiger charge is 2.02. The molecule has 0 saturated carbocycles. The normalized spacial score (nSPS) is 12.4. The Bertz CT molecular complexity index is 290. The van der Waals surface area contributed by atoms with E-state index in [4.69, 9.17) is 9.47 Å². The number of ether oxygens (including phenoxy) is 2. The van der Waals surface area contributed by atoms with Crippen molar-refractivity contribution in [2.75, 3.05) is 26.8 Å². The Morgan fingerprint density at radius 3 is 2.62 bits per heavy atom. The van der Waals surface area contributed by atoms with Crippen molar-refractivity contribution in [1.82, 2.24) is 5.32 Å². The molecule has 4 heteroatoms. The first-order chi connectivity index (χ1) is 7.72. The minimum absolute atomic E-state index is 0.151. The number of rotatable bonds is 7. The highest BCUT2D eigenvalue weighted by Crippen LogP contribution is 2.16. The Hall–Kier alpha value is -0.580. The van der Waals surface area contributed by atoms with Crippen LogP contribution in [-0.2, 0) is 4.74 Å². The Morgan fingerprint density at radius 2 is 2.00 bits per heavy atom. The minimum atomic E-state index is 0.151. The molecule has 0 amide bonds. The van der Waals surface area contributed by atoms with Crippen molar-refractivity contribution in [3.63, 3.8) is 0 Å². The molecule has 16 heavy (non-hydrogen) atoms. The van der Waals surface area contributed by atoms with Crippen molar-refractivity contribution in [3.8, 4) is 5.75 Å². The molecule has 0 radical (unpaired) electrons. The average Bonchev–Trinajstić information content (AvgIpc) is 2.28.